The number of aromatic nitrogens is 3. The second-order valence-electron chi connectivity index (χ2n) is 7.21. The Balaban J connectivity index is 1.27. The van der Waals surface area contributed by atoms with E-state index in [1.54, 1.807) is 23.2 Å². The van der Waals surface area contributed by atoms with Gasteiger partial charge in [0.15, 0.2) is 17.3 Å². The average Bonchev–Trinajstić information content (AvgIpc) is 3.22. The molecule has 1 spiro atoms. The van der Waals surface area contributed by atoms with Gasteiger partial charge in [-0.15, -0.1) is 10.2 Å². The third-order valence-electron chi connectivity index (χ3n) is 5.41. The number of ether oxygens (including phenoxy) is 2. The van der Waals surface area contributed by atoms with Crippen LogP contribution in [0.5, 0.6) is 0 Å². The number of para-hydroxylation sites is 1. The van der Waals surface area contributed by atoms with Gasteiger partial charge in [-0.25, -0.2) is 0 Å². The number of pyridine rings is 1. The lowest BCUT2D eigenvalue weighted by molar-refractivity contribution is -0.181. The van der Waals surface area contributed by atoms with Crippen LogP contribution in [0.25, 0.3) is 10.9 Å². The number of benzene rings is 1. The molecule has 2 fully saturated rings. The molecule has 2 aliphatic heterocycles. The molecule has 0 atom stereocenters. The molecule has 1 amide bonds. The fourth-order valence-electron chi connectivity index (χ4n) is 3.85. The minimum atomic E-state index is -0.497. The number of hydrogen-bond acceptors (Lipinski definition) is 7. The molecule has 0 unspecified atom stereocenters. The highest BCUT2D eigenvalue weighted by molar-refractivity contribution is 5.93. The lowest BCUT2D eigenvalue weighted by Crippen LogP contribution is -2.47. The first-order chi connectivity index (χ1) is 14.2. The zero-order chi connectivity index (χ0) is 19.7. The van der Waals surface area contributed by atoms with Crippen molar-refractivity contribution >= 4 is 28.3 Å². The molecule has 0 bridgehead atoms. The van der Waals surface area contributed by atoms with Gasteiger partial charge >= 0.3 is 0 Å². The summed E-state index contributed by atoms with van der Waals surface area (Å²) in [7, 11) is 0. The van der Waals surface area contributed by atoms with Gasteiger partial charge in [0.1, 0.15) is 0 Å². The number of anilines is 2. The Morgan fingerprint density at radius 2 is 1.79 bits per heavy atom. The van der Waals surface area contributed by atoms with Gasteiger partial charge in [0, 0.05) is 37.5 Å². The SMILES string of the molecule is O=C(c1ccc(Nc2cccc3cccnc23)nn1)N1CCC2(CC1)OCCO2. The van der Waals surface area contributed by atoms with E-state index in [4.69, 9.17) is 9.47 Å². The van der Waals surface area contributed by atoms with Crippen molar-refractivity contribution in [3.63, 3.8) is 0 Å². The van der Waals surface area contributed by atoms with E-state index in [-0.39, 0.29) is 5.91 Å². The molecule has 8 heteroatoms. The van der Waals surface area contributed by atoms with Crippen LogP contribution in [0.15, 0.2) is 48.7 Å². The Labute approximate surface area is 167 Å². The second kappa shape index (κ2) is 7.38. The summed E-state index contributed by atoms with van der Waals surface area (Å²) in [6.45, 7) is 2.42. The molecule has 29 heavy (non-hydrogen) atoms. The van der Waals surface area contributed by atoms with Gasteiger partial charge in [0.25, 0.3) is 5.91 Å². The maximum Gasteiger partial charge on any atom is 0.274 e. The summed E-state index contributed by atoms with van der Waals surface area (Å²) in [5, 5.41) is 12.6. The lowest BCUT2D eigenvalue weighted by Gasteiger charge is -2.37. The van der Waals surface area contributed by atoms with Crippen molar-refractivity contribution in [3.8, 4) is 0 Å². The molecule has 4 heterocycles. The Morgan fingerprint density at radius 3 is 2.55 bits per heavy atom. The van der Waals surface area contributed by atoms with Gasteiger partial charge in [0.05, 0.1) is 24.4 Å². The third kappa shape index (κ3) is 3.52. The van der Waals surface area contributed by atoms with Crippen LogP contribution in [0, 0.1) is 0 Å². The number of nitrogens with one attached hydrogen (secondary N) is 1. The van der Waals surface area contributed by atoms with E-state index in [1.807, 2.05) is 30.3 Å². The van der Waals surface area contributed by atoms with Crippen molar-refractivity contribution in [3.05, 3.63) is 54.4 Å². The van der Waals surface area contributed by atoms with Crippen molar-refractivity contribution < 1.29 is 14.3 Å². The summed E-state index contributed by atoms with van der Waals surface area (Å²) in [6, 6.07) is 13.3. The van der Waals surface area contributed by atoms with Crippen LogP contribution in [0.2, 0.25) is 0 Å². The van der Waals surface area contributed by atoms with Gasteiger partial charge in [0.2, 0.25) is 0 Å². The Kier molecular flexibility index (Phi) is 4.57. The van der Waals surface area contributed by atoms with Crippen LogP contribution in [-0.2, 0) is 9.47 Å². The average molecular weight is 391 g/mol. The minimum absolute atomic E-state index is 0.122. The molecule has 0 radical (unpaired) electrons. The topological polar surface area (TPSA) is 89.5 Å². The van der Waals surface area contributed by atoms with Crippen LogP contribution in [-0.4, -0.2) is 58.1 Å². The molecule has 2 aromatic heterocycles. The number of hydrogen-bond donors (Lipinski definition) is 1. The van der Waals surface area contributed by atoms with Gasteiger partial charge in [-0.05, 0) is 24.3 Å². The van der Waals surface area contributed by atoms with Gasteiger partial charge < -0.3 is 19.7 Å². The highest BCUT2D eigenvalue weighted by Gasteiger charge is 2.41. The largest absolute Gasteiger partial charge is 0.347 e. The number of piperidine rings is 1. The number of nitrogens with zero attached hydrogens (tertiary/aromatic N) is 4. The predicted octanol–water partition coefficient (Wildman–Crippen LogP) is 2.75. The van der Waals surface area contributed by atoms with Gasteiger partial charge in [-0.1, -0.05) is 18.2 Å². The molecule has 1 N–H and O–H groups in total. The van der Waals surface area contributed by atoms with Crippen LogP contribution >= 0.6 is 0 Å². The van der Waals surface area contributed by atoms with E-state index in [1.165, 1.54) is 0 Å². The summed E-state index contributed by atoms with van der Waals surface area (Å²) in [5.74, 6) is -0.0586. The van der Waals surface area contributed by atoms with E-state index < -0.39 is 5.79 Å². The number of likely N-dealkylation sites (tertiary alicyclic amines) is 1. The molecular formula is C21H21N5O3. The summed E-state index contributed by atoms with van der Waals surface area (Å²) < 4.78 is 11.4. The maximum atomic E-state index is 12.8. The Bertz CT molecular complexity index is 1020. The van der Waals surface area contributed by atoms with Crippen molar-refractivity contribution in [1.82, 2.24) is 20.1 Å². The molecular weight excluding hydrogens is 370 g/mol. The molecule has 8 nitrogen and oxygen atoms in total. The lowest BCUT2D eigenvalue weighted by atomic mass is 10.0. The fraction of sp³-hybridized carbons (Fsp3) is 0.333. The maximum absolute atomic E-state index is 12.8. The first-order valence-electron chi connectivity index (χ1n) is 9.74. The highest BCUT2D eigenvalue weighted by Crippen LogP contribution is 2.31. The molecule has 3 aromatic rings. The Morgan fingerprint density at radius 1 is 1.00 bits per heavy atom. The predicted molar refractivity (Wildman–Crippen MR) is 107 cm³/mol. The van der Waals surface area contributed by atoms with Crippen LogP contribution in [0.4, 0.5) is 11.5 Å². The highest BCUT2D eigenvalue weighted by atomic mass is 16.7. The molecule has 0 aliphatic carbocycles. The monoisotopic (exact) mass is 391 g/mol. The second-order valence-corrected chi connectivity index (χ2v) is 7.21. The summed E-state index contributed by atoms with van der Waals surface area (Å²) in [5.41, 5.74) is 2.03. The molecule has 0 saturated carbocycles. The zero-order valence-electron chi connectivity index (χ0n) is 15.9. The first-order valence-corrected chi connectivity index (χ1v) is 9.74. The van der Waals surface area contributed by atoms with E-state index in [9.17, 15) is 4.79 Å². The van der Waals surface area contributed by atoms with Crippen molar-refractivity contribution in [2.75, 3.05) is 31.6 Å². The van der Waals surface area contributed by atoms with E-state index >= 15 is 0 Å². The van der Waals surface area contributed by atoms with Gasteiger partial charge in [-0.2, -0.15) is 0 Å². The number of carbonyl (C=O) groups excluding carboxylic acids is 1. The summed E-state index contributed by atoms with van der Waals surface area (Å²) in [6.07, 6.45) is 3.12. The van der Waals surface area contributed by atoms with E-state index in [2.05, 4.69) is 20.5 Å². The number of carbonyl (C=O) groups is 1. The molecule has 2 saturated heterocycles. The smallest absolute Gasteiger partial charge is 0.274 e. The number of rotatable bonds is 3. The quantitative estimate of drug-likeness (QED) is 0.734. The Hall–Kier alpha value is -3.10. The van der Waals surface area contributed by atoms with Crippen LogP contribution in [0.3, 0.4) is 0 Å². The molecule has 148 valence electrons. The summed E-state index contributed by atoms with van der Waals surface area (Å²) >= 11 is 0. The van der Waals surface area contributed by atoms with Crippen molar-refractivity contribution in [2.24, 2.45) is 0 Å². The van der Waals surface area contributed by atoms with Crippen molar-refractivity contribution in [2.45, 2.75) is 18.6 Å². The molecule has 2 aliphatic rings. The normalized spacial score (nSPS) is 18.3. The summed E-state index contributed by atoms with van der Waals surface area (Å²) in [4.78, 5) is 19.0. The first kappa shape index (κ1) is 18.0. The number of fused-ring (bicyclic) bond motifs is 1. The van der Waals surface area contributed by atoms with E-state index in [0.29, 0.717) is 50.7 Å². The minimum Gasteiger partial charge on any atom is -0.347 e. The molecule has 1 aromatic carbocycles. The third-order valence-corrected chi connectivity index (χ3v) is 5.41. The standard InChI is InChI=1S/C21H21N5O3/c27-20(26-11-8-21(9-12-26)28-13-14-29-21)17-6-7-18(25-24-17)23-16-5-1-3-15-4-2-10-22-19(15)16/h1-7,10H,8-9,11-14H2,(H,23,25). The van der Waals surface area contributed by atoms with Gasteiger partial charge in [-0.3, -0.25) is 9.78 Å². The number of amides is 1. The molecule has 5 rings (SSSR count). The van der Waals surface area contributed by atoms with Crippen molar-refractivity contribution in [1.29, 1.82) is 0 Å². The van der Waals surface area contributed by atoms with Crippen LogP contribution in [0.1, 0.15) is 23.3 Å². The fourth-order valence-corrected chi connectivity index (χ4v) is 3.85. The van der Waals surface area contributed by atoms with Crippen LogP contribution < -0.4 is 5.32 Å². The zero-order valence-corrected chi connectivity index (χ0v) is 15.9. The van der Waals surface area contributed by atoms with E-state index in [0.717, 1.165) is 16.6 Å².